The molecular formula is C17H28BrNO. The van der Waals surface area contributed by atoms with Gasteiger partial charge in [0, 0.05) is 17.3 Å². The second kappa shape index (κ2) is 6.37. The van der Waals surface area contributed by atoms with Crippen LogP contribution in [0, 0.1) is 23.2 Å². The first-order valence-electron chi connectivity index (χ1n) is 8.56. The highest BCUT2D eigenvalue weighted by Gasteiger charge is 2.54. The number of rotatable bonds is 7. The van der Waals surface area contributed by atoms with Crippen molar-refractivity contribution in [1.29, 1.82) is 0 Å². The van der Waals surface area contributed by atoms with Gasteiger partial charge in [-0.25, -0.2) is 0 Å². The van der Waals surface area contributed by atoms with Crippen LogP contribution in [0.15, 0.2) is 0 Å². The largest absolute Gasteiger partial charge is 0.356 e. The molecule has 1 N–H and O–H groups in total. The van der Waals surface area contributed by atoms with E-state index in [1.54, 1.807) is 0 Å². The third-order valence-electron chi connectivity index (χ3n) is 5.87. The average Bonchev–Trinajstić information content (AvgIpc) is 2.41. The molecule has 0 aromatic rings. The molecule has 0 aliphatic heterocycles. The van der Waals surface area contributed by atoms with Crippen molar-refractivity contribution in [2.75, 3.05) is 11.9 Å². The predicted molar refractivity (Wildman–Crippen MR) is 85.9 cm³/mol. The molecule has 0 radical (unpaired) electrons. The van der Waals surface area contributed by atoms with Gasteiger partial charge in [-0.05, 0) is 69.1 Å². The summed E-state index contributed by atoms with van der Waals surface area (Å²) in [6, 6.07) is 0. The Labute approximate surface area is 131 Å². The molecule has 4 rings (SSSR count). The molecule has 4 aliphatic rings. The monoisotopic (exact) mass is 341 g/mol. The van der Waals surface area contributed by atoms with Gasteiger partial charge >= 0.3 is 0 Å². The fraction of sp³-hybridized carbons (Fsp3) is 0.941. The van der Waals surface area contributed by atoms with Crippen molar-refractivity contribution in [3.63, 3.8) is 0 Å². The van der Waals surface area contributed by atoms with Gasteiger partial charge in [-0.15, -0.1) is 0 Å². The second-order valence-corrected chi connectivity index (χ2v) is 8.35. The van der Waals surface area contributed by atoms with Gasteiger partial charge in [0.1, 0.15) is 0 Å². The zero-order chi connectivity index (χ0) is 14.0. The minimum atomic E-state index is 0.0462. The molecule has 114 valence electrons. The van der Waals surface area contributed by atoms with E-state index in [-0.39, 0.29) is 5.41 Å². The first kappa shape index (κ1) is 14.9. The minimum Gasteiger partial charge on any atom is -0.356 e. The summed E-state index contributed by atoms with van der Waals surface area (Å²) in [5.41, 5.74) is 0.0462. The van der Waals surface area contributed by atoms with Gasteiger partial charge in [-0.3, -0.25) is 4.79 Å². The van der Waals surface area contributed by atoms with E-state index >= 15 is 0 Å². The summed E-state index contributed by atoms with van der Waals surface area (Å²) in [5.74, 6) is 3.00. The quantitative estimate of drug-likeness (QED) is 0.543. The Kier molecular flexibility index (Phi) is 4.74. The van der Waals surface area contributed by atoms with Crippen LogP contribution in [0.2, 0.25) is 0 Å². The molecule has 0 saturated heterocycles. The first-order chi connectivity index (χ1) is 9.72. The van der Waals surface area contributed by atoms with E-state index in [9.17, 15) is 4.79 Å². The Balaban J connectivity index is 1.45. The summed E-state index contributed by atoms with van der Waals surface area (Å²) >= 11 is 3.46. The van der Waals surface area contributed by atoms with E-state index in [1.807, 2.05) is 0 Å². The van der Waals surface area contributed by atoms with Crippen LogP contribution >= 0.6 is 15.9 Å². The first-order valence-corrected chi connectivity index (χ1v) is 9.68. The van der Waals surface area contributed by atoms with E-state index in [0.29, 0.717) is 5.91 Å². The zero-order valence-corrected chi connectivity index (χ0v) is 14.1. The van der Waals surface area contributed by atoms with Crippen LogP contribution in [0.4, 0.5) is 0 Å². The molecule has 1 amide bonds. The Hall–Kier alpha value is -0.0500. The molecule has 2 nitrogen and oxygen atoms in total. The molecule has 0 aromatic heterocycles. The number of carbonyl (C=O) groups is 1. The van der Waals surface area contributed by atoms with Gasteiger partial charge in [-0.1, -0.05) is 28.8 Å². The summed E-state index contributed by atoms with van der Waals surface area (Å²) < 4.78 is 0. The van der Waals surface area contributed by atoms with Crippen molar-refractivity contribution >= 4 is 21.8 Å². The molecule has 4 fully saturated rings. The molecule has 0 aromatic carbocycles. The molecule has 4 aliphatic carbocycles. The van der Waals surface area contributed by atoms with Crippen molar-refractivity contribution in [2.45, 2.75) is 64.2 Å². The van der Waals surface area contributed by atoms with Gasteiger partial charge in [0.15, 0.2) is 0 Å². The lowest BCUT2D eigenvalue weighted by molar-refractivity contribution is -0.146. The van der Waals surface area contributed by atoms with Crippen molar-refractivity contribution in [1.82, 2.24) is 5.32 Å². The van der Waals surface area contributed by atoms with E-state index in [4.69, 9.17) is 0 Å². The lowest BCUT2D eigenvalue weighted by Crippen LogP contribution is -2.53. The highest BCUT2D eigenvalue weighted by Crippen LogP contribution is 2.60. The normalized spacial score (nSPS) is 38.1. The fourth-order valence-electron chi connectivity index (χ4n) is 5.35. The maximum atomic E-state index is 12.7. The van der Waals surface area contributed by atoms with E-state index in [2.05, 4.69) is 21.2 Å². The van der Waals surface area contributed by atoms with Crippen LogP contribution in [0.1, 0.15) is 64.2 Å². The number of carbonyl (C=O) groups excluding carboxylic acids is 1. The molecule has 0 unspecified atom stereocenters. The standard InChI is InChI=1S/C17H28BrNO/c18-5-3-1-2-4-6-19-16(20)17-10-13-7-14(11-17)9-15(8-13)12-17/h13-15H,1-12H2,(H,19,20). The summed E-state index contributed by atoms with van der Waals surface area (Å²) in [6.07, 6.45) is 12.7. The van der Waals surface area contributed by atoms with E-state index in [1.165, 1.54) is 57.8 Å². The number of hydrogen-bond acceptors (Lipinski definition) is 1. The summed E-state index contributed by atoms with van der Waals surface area (Å²) in [6.45, 7) is 0.892. The third kappa shape index (κ3) is 3.08. The lowest BCUT2D eigenvalue weighted by atomic mass is 9.49. The summed E-state index contributed by atoms with van der Waals surface area (Å²) in [7, 11) is 0. The fourth-order valence-corrected chi connectivity index (χ4v) is 5.75. The minimum absolute atomic E-state index is 0.0462. The third-order valence-corrected chi connectivity index (χ3v) is 6.43. The molecule has 0 spiro atoms. The van der Waals surface area contributed by atoms with Crippen molar-refractivity contribution < 1.29 is 4.79 Å². The van der Waals surface area contributed by atoms with Crippen LogP contribution in [0.5, 0.6) is 0 Å². The number of halogens is 1. The highest BCUT2D eigenvalue weighted by molar-refractivity contribution is 9.09. The van der Waals surface area contributed by atoms with Crippen molar-refractivity contribution in [3.8, 4) is 0 Å². The van der Waals surface area contributed by atoms with Gasteiger partial charge in [0.25, 0.3) is 0 Å². The van der Waals surface area contributed by atoms with Crippen LogP contribution in [-0.2, 0) is 4.79 Å². The average molecular weight is 342 g/mol. The molecule has 3 heteroatoms. The van der Waals surface area contributed by atoms with Crippen molar-refractivity contribution in [3.05, 3.63) is 0 Å². The maximum Gasteiger partial charge on any atom is 0.226 e. The molecule has 0 heterocycles. The van der Waals surface area contributed by atoms with Gasteiger partial charge in [0.05, 0.1) is 0 Å². The summed E-state index contributed by atoms with van der Waals surface area (Å²) in [4.78, 5) is 12.7. The number of unbranched alkanes of at least 4 members (excludes halogenated alkanes) is 3. The number of amides is 1. The van der Waals surface area contributed by atoms with Crippen LogP contribution < -0.4 is 5.32 Å². The number of hydrogen-bond donors (Lipinski definition) is 1. The van der Waals surface area contributed by atoms with E-state index < -0.39 is 0 Å². The molecule has 0 atom stereocenters. The van der Waals surface area contributed by atoms with Gasteiger partial charge in [0.2, 0.25) is 5.91 Å². The molecule has 4 bridgehead atoms. The zero-order valence-electron chi connectivity index (χ0n) is 12.5. The van der Waals surface area contributed by atoms with Crippen molar-refractivity contribution in [2.24, 2.45) is 23.2 Å². The highest BCUT2D eigenvalue weighted by atomic mass is 79.9. The topological polar surface area (TPSA) is 29.1 Å². The Bertz CT molecular complexity index is 320. The number of alkyl halides is 1. The smallest absolute Gasteiger partial charge is 0.226 e. The van der Waals surface area contributed by atoms with Gasteiger partial charge < -0.3 is 5.32 Å². The molecular weight excluding hydrogens is 314 g/mol. The Morgan fingerprint density at radius 3 is 2.05 bits per heavy atom. The maximum absolute atomic E-state index is 12.7. The molecule has 20 heavy (non-hydrogen) atoms. The van der Waals surface area contributed by atoms with E-state index in [0.717, 1.165) is 36.0 Å². The second-order valence-electron chi connectivity index (χ2n) is 7.56. The lowest BCUT2D eigenvalue weighted by Gasteiger charge is -2.55. The van der Waals surface area contributed by atoms with Crippen LogP contribution in [0.3, 0.4) is 0 Å². The predicted octanol–water partition coefficient (Wildman–Crippen LogP) is 4.27. The molecule has 4 saturated carbocycles. The van der Waals surface area contributed by atoms with Crippen LogP contribution in [0.25, 0.3) is 0 Å². The Morgan fingerprint density at radius 2 is 1.50 bits per heavy atom. The van der Waals surface area contributed by atoms with Gasteiger partial charge in [-0.2, -0.15) is 0 Å². The van der Waals surface area contributed by atoms with Crippen LogP contribution in [-0.4, -0.2) is 17.8 Å². The SMILES string of the molecule is O=C(NCCCCCCBr)C12CC3CC(CC(C3)C1)C2. The Morgan fingerprint density at radius 1 is 0.950 bits per heavy atom. The summed E-state index contributed by atoms with van der Waals surface area (Å²) in [5, 5.41) is 4.37. The number of nitrogens with one attached hydrogen (secondary N) is 1.